The van der Waals surface area contributed by atoms with E-state index in [1.54, 1.807) is 29.8 Å². The van der Waals surface area contributed by atoms with E-state index < -0.39 is 5.25 Å². The molecule has 1 N–H and O–H groups in total. The van der Waals surface area contributed by atoms with Gasteiger partial charge in [-0.25, -0.2) is 0 Å². The van der Waals surface area contributed by atoms with E-state index in [1.165, 1.54) is 11.8 Å². The highest BCUT2D eigenvalue weighted by Crippen LogP contribution is 2.27. The minimum atomic E-state index is -0.420. The summed E-state index contributed by atoms with van der Waals surface area (Å²) >= 11 is 7.19. The Bertz CT molecular complexity index is 916. The van der Waals surface area contributed by atoms with Crippen LogP contribution in [-0.4, -0.2) is 38.0 Å². The maximum absolute atomic E-state index is 12.6. The molecule has 1 heterocycles. The van der Waals surface area contributed by atoms with Crippen LogP contribution in [-0.2, 0) is 4.79 Å². The van der Waals surface area contributed by atoms with Crippen molar-refractivity contribution >= 4 is 35.0 Å². The Morgan fingerprint density at radius 2 is 2.00 bits per heavy atom. The molecule has 0 radical (unpaired) electrons. The summed E-state index contributed by atoms with van der Waals surface area (Å²) in [5, 5.41) is 15.3. The molecule has 0 aliphatic heterocycles. The lowest BCUT2D eigenvalue weighted by molar-refractivity contribution is -0.115. The molecule has 3 rings (SSSR count). The van der Waals surface area contributed by atoms with E-state index in [-0.39, 0.29) is 5.91 Å². The molecule has 140 valence electrons. The molecule has 9 heteroatoms. The number of carbonyl (C=O) groups excluding carboxylic acids is 1. The zero-order valence-electron chi connectivity index (χ0n) is 14.8. The molecule has 0 spiro atoms. The second-order valence-corrected chi connectivity index (χ2v) is 7.27. The average molecular weight is 404 g/mol. The number of aromatic nitrogens is 4. The van der Waals surface area contributed by atoms with Gasteiger partial charge < -0.3 is 10.1 Å². The molecular formula is C18H18ClN5O2S. The van der Waals surface area contributed by atoms with Crippen LogP contribution in [0.5, 0.6) is 5.75 Å². The van der Waals surface area contributed by atoms with Crippen LogP contribution >= 0.6 is 23.4 Å². The molecule has 0 unspecified atom stereocenters. The van der Waals surface area contributed by atoms with E-state index in [1.807, 2.05) is 37.3 Å². The molecule has 1 atom stereocenters. The van der Waals surface area contributed by atoms with Crippen molar-refractivity contribution in [1.29, 1.82) is 0 Å². The topological polar surface area (TPSA) is 81.9 Å². The van der Waals surface area contributed by atoms with Gasteiger partial charge in [-0.05, 0) is 60.7 Å². The first-order valence-corrected chi connectivity index (χ1v) is 9.58. The number of ether oxygens (including phenoxy) is 1. The summed E-state index contributed by atoms with van der Waals surface area (Å²) in [5.41, 5.74) is 1.40. The second-order valence-electron chi connectivity index (χ2n) is 5.53. The summed E-state index contributed by atoms with van der Waals surface area (Å²) in [6.45, 7) is 4.21. The number of hydrogen-bond donors (Lipinski definition) is 1. The van der Waals surface area contributed by atoms with Gasteiger partial charge in [-0.1, -0.05) is 35.5 Å². The summed E-state index contributed by atoms with van der Waals surface area (Å²) in [6, 6.07) is 14.5. The summed E-state index contributed by atoms with van der Waals surface area (Å²) in [6.07, 6.45) is 0. The molecule has 0 fully saturated rings. The van der Waals surface area contributed by atoms with Gasteiger partial charge in [0, 0.05) is 5.02 Å². The van der Waals surface area contributed by atoms with Crippen LogP contribution in [0.2, 0.25) is 5.02 Å². The molecule has 1 aromatic heterocycles. The van der Waals surface area contributed by atoms with Gasteiger partial charge in [-0.15, -0.1) is 5.10 Å². The fraction of sp³-hybridized carbons (Fsp3) is 0.222. The Morgan fingerprint density at radius 1 is 1.26 bits per heavy atom. The molecule has 0 saturated heterocycles. The van der Waals surface area contributed by atoms with Gasteiger partial charge in [0.15, 0.2) is 0 Å². The zero-order valence-corrected chi connectivity index (χ0v) is 16.4. The van der Waals surface area contributed by atoms with E-state index in [9.17, 15) is 4.79 Å². The van der Waals surface area contributed by atoms with Crippen molar-refractivity contribution < 1.29 is 9.53 Å². The quantitative estimate of drug-likeness (QED) is 0.603. The number of para-hydroxylation sites is 2. The molecule has 2 aromatic carbocycles. The monoisotopic (exact) mass is 403 g/mol. The zero-order chi connectivity index (χ0) is 19.2. The van der Waals surface area contributed by atoms with Crippen LogP contribution in [0.1, 0.15) is 13.8 Å². The Kier molecular flexibility index (Phi) is 6.31. The second kappa shape index (κ2) is 8.88. The number of hydrogen-bond acceptors (Lipinski definition) is 6. The number of tetrazole rings is 1. The third kappa shape index (κ3) is 4.78. The van der Waals surface area contributed by atoms with Gasteiger partial charge in [0.25, 0.3) is 0 Å². The lowest BCUT2D eigenvalue weighted by Crippen LogP contribution is -2.23. The van der Waals surface area contributed by atoms with E-state index in [0.717, 1.165) is 5.69 Å². The van der Waals surface area contributed by atoms with Gasteiger partial charge in [0.2, 0.25) is 11.1 Å². The lowest BCUT2D eigenvalue weighted by atomic mass is 10.3. The van der Waals surface area contributed by atoms with Crippen LogP contribution in [0.15, 0.2) is 53.7 Å². The Hall–Kier alpha value is -2.58. The van der Waals surface area contributed by atoms with E-state index >= 15 is 0 Å². The Balaban J connectivity index is 1.71. The van der Waals surface area contributed by atoms with Crippen molar-refractivity contribution in [1.82, 2.24) is 20.2 Å². The maximum Gasteiger partial charge on any atom is 0.237 e. The maximum atomic E-state index is 12.6. The minimum absolute atomic E-state index is 0.169. The van der Waals surface area contributed by atoms with E-state index in [0.29, 0.717) is 28.2 Å². The van der Waals surface area contributed by atoms with Crippen molar-refractivity contribution in [3.8, 4) is 11.4 Å². The van der Waals surface area contributed by atoms with Crippen molar-refractivity contribution in [2.24, 2.45) is 0 Å². The first kappa shape index (κ1) is 19.2. The van der Waals surface area contributed by atoms with Gasteiger partial charge in [-0.2, -0.15) is 4.68 Å². The summed E-state index contributed by atoms with van der Waals surface area (Å²) in [7, 11) is 0. The average Bonchev–Trinajstić information content (AvgIpc) is 3.12. The smallest absolute Gasteiger partial charge is 0.237 e. The number of rotatable bonds is 7. The van der Waals surface area contributed by atoms with Crippen molar-refractivity contribution in [3.63, 3.8) is 0 Å². The first-order chi connectivity index (χ1) is 13.1. The highest BCUT2D eigenvalue weighted by molar-refractivity contribution is 8.00. The number of thioether (sulfide) groups is 1. The number of carbonyl (C=O) groups is 1. The van der Waals surface area contributed by atoms with Crippen LogP contribution in [0, 0.1) is 0 Å². The highest BCUT2D eigenvalue weighted by atomic mass is 35.5. The molecule has 7 nitrogen and oxygen atoms in total. The Labute approximate surface area is 166 Å². The van der Waals surface area contributed by atoms with Crippen molar-refractivity contribution in [3.05, 3.63) is 53.6 Å². The van der Waals surface area contributed by atoms with Gasteiger partial charge in [0.05, 0.1) is 23.2 Å². The number of nitrogens with zero attached hydrogens (tertiary/aromatic N) is 4. The summed E-state index contributed by atoms with van der Waals surface area (Å²) in [5.74, 6) is 0.467. The number of nitrogens with one attached hydrogen (secondary N) is 1. The SMILES string of the molecule is CCOc1ccccc1NC(=O)[C@@H](C)Sc1nnnn1-c1ccc(Cl)cc1. The molecule has 3 aromatic rings. The molecule has 0 aliphatic rings. The highest BCUT2D eigenvalue weighted by Gasteiger charge is 2.20. The van der Waals surface area contributed by atoms with Crippen LogP contribution in [0.25, 0.3) is 5.69 Å². The predicted molar refractivity (Wildman–Crippen MR) is 106 cm³/mol. The summed E-state index contributed by atoms with van der Waals surface area (Å²) in [4.78, 5) is 12.6. The molecule has 0 saturated carbocycles. The first-order valence-electron chi connectivity index (χ1n) is 8.32. The largest absolute Gasteiger partial charge is 0.492 e. The number of benzene rings is 2. The molecule has 0 aliphatic carbocycles. The van der Waals surface area contributed by atoms with Gasteiger partial charge in [0.1, 0.15) is 5.75 Å². The molecule has 0 bridgehead atoms. The lowest BCUT2D eigenvalue weighted by Gasteiger charge is -2.14. The van der Waals surface area contributed by atoms with E-state index in [2.05, 4.69) is 20.8 Å². The third-order valence-corrected chi connectivity index (χ3v) is 4.89. The normalized spacial score (nSPS) is 11.8. The van der Waals surface area contributed by atoms with Gasteiger partial charge >= 0.3 is 0 Å². The number of halogens is 1. The Morgan fingerprint density at radius 3 is 2.74 bits per heavy atom. The third-order valence-electron chi connectivity index (χ3n) is 3.61. The number of amides is 1. The van der Waals surface area contributed by atoms with Crippen LogP contribution in [0.3, 0.4) is 0 Å². The molecule has 27 heavy (non-hydrogen) atoms. The number of anilines is 1. The fourth-order valence-corrected chi connectivity index (χ4v) is 3.23. The fourth-order valence-electron chi connectivity index (χ4n) is 2.29. The van der Waals surface area contributed by atoms with Crippen LogP contribution < -0.4 is 10.1 Å². The van der Waals surface area contributed by atoms with Crippen molar-refractivity contribution in [2.75, 3.05) is 11.9 Å². The van der Waals surface area contributed by atoms with Gasteiger partial charge in [-0.3, -0.25) is 4.79 Å². The summed E-state index contributed by atoms with van der Waals surface area (Å²) < 4.78 is 7.11. The van der Waals surface area contributed by atoms with Crippen LogP contribution in [0.4, 0.5) is 5.69 Å². The predicted octanol–water partition coefficient (Wildman–Crippen LogP) is 3.83. The van der Waals surface area contributed by atoms with Crippen molar-refractivity contribution in [2.45, 2.75) is 24.3 Å². The molecule has 1 amide bonds. The minimum Gasteiger partial charge on any atom is -0.492 e. The molecular weight excluding hydrogens is 386 g/mol. The van der Waals surface area contributed by atoms with E-state index in [4.69, 9.17) is 16.3 Å². The standard InChI is InChI=1S/C18H18ClN5O2S/c1-3-26-16-7-5-4-6-15(16)20-17(25)12(2)27-18-21-22-23-24(18)14-10-8-13(19)9-11-14/h4-12H,3H2,1-2H3,(H,20,25)/t12-/m1/s1.